The summed E-state index contributed by atoms with van der Waals surface area (Å²) in [5.74, 6) is 2.78. The van der Waals surface area contributed by atoms with Crippen molar-refractivity contribution in [2.45, 2.75) is 77.8 Å². The van der Waals surface area contributed by atoms with Gasteiger partial charge >= 0.3 is 0 Å². The van der Waals surface area contributed by atoms with Gasteiger partial charge in [0.15, 0.2) is 5.17 Å². The minimum atomic E-state index is 0.535. The van der Waals surface area contributed by atoms with Crippen molar-refractivity contribution in [1.29, 1.82) is 0 Å². The Bertz CT molecular complexity index is 295. The maximum absolute atomic E-state index is 4.93. The second-order valence-corrected chi connectivity index (χ2v) is 7.52. The first-order valence-corrected chi connectivity index (χ1v) is 9.16. The predicted octanol–water partition coefficient (Wildman–Crippen LogP) is 4.45. The number of amidine groups is 1. The molecule has 2 unspecified atom stereocenters. The van der Waals surface area contributed by atoms with Crippen LogP contribution < -0.4 is 5.32 Å². The van der Waals surface area contributed by atoms with Crippen molar-refractivity contribution in [1.82, 2.24) is 5.32 Å². The Hall–Kier alpha value is -0.180. The molecule has 0 aromatic carbocycles. The molecule has 1 aliphatic heterocycles. The highest BCUT2D eigenvalue weighted by Gasteiger charge is 2.25. The number of thioether (sulfide) groups is 1. The van der Waals surface area contributed by atoms with E-state index in [4.69, 9.17) is 4.99 Å². The van der Waals surface area contributed by atoms with Crippen molar-refractivity contribution in [2.24, 2.45) is 16.8 Å². The quantitative estimate of drug-likeness (QED) is 0.823. The first-order valence-electron chi connectivity index (χ1n) is 8.17. The van der Waals surface area contributed by atoms with Crippen LogP contribution in [-0.4, -0.2) is 23.0 Å². The molecule has 0 spiro atoms. The Morgan fingerprint density at radius 3 is 2.58 bits per heavy atom. The van der Waals surface area contributed by atoms with Crippen LogP contribution >= 0.6 is 11.8 Å². The summed E-state index contributed by atoms with van der Waals surface area (Å²) in [4.78, 5) is 4.93. The number of nitrogens with zero attached hydrogens (tertiary/aromatic N) is 1. The van der Waals surface area contributed by atoms with E-state index in [9.17, 15) is 0 Å². The highest BCUT2D eigenvalue weighted by Crippen LogP contribution is 2.29. The fraction of sp³-hybridized carbons (Fsp3) is 0.938. The number of rotatable bonds is 4. The van der Waals surface area contributed by atoms with Crippen LogP contribution in [0.3, 0.4) is 0 Å². The lowest BCUT2D eigenvalue weighted by Gasteiger charge is -2.32. The predicted molar refractivity (Wildman–Crippen MR) is 86.9 cm³/mol. The third-order valence-electron chi connectivity index (χ3n) is 4.67. The van der Waals surface area contributed by atoms with Gasteiger partial charge in [-0.2, -0.15) is 0 Å². The highest BCUT2D eigenvalue weighted by atomic mass is 32.2. The molecular formula is C16H30N2S. The molecule has 1 fully saturated rings. The first-order chi connectivity index (χ1) is 9.20. The lowest BCUT2D eigenvalue weighted by Crippen LogP contribution is -2.41. The van der Waals surface area contributed by atoms with Crippen LogP contribution in [0.5, 0.6) is 0 Å². The zero-order chi connectivity index (χ0) is 13.7. The van der Waals surface area contributed by atoms with Crippen molar-refractivity contribution in [2.75, 3.05) is 5.75 Å². The van der Waals surface area contributed by atoms with Crippen LogP contribution in [0.4, 0.5) is 0 Å². The van der Waals surface area contributed by atoms with Gasteiger partial charge in [-0.15, -0.1) is 0 Å². The van der Waals surface area contributed by atoms with Crippen molar-refractivity contribution in [3.05, 3.63) is 0 Å². The van der Waals surface area contributed by atoms with E-state index in [1.807, 2.05) is 11.8 Å². The molecule has 0 aromatic heterocycles. The molecule has 1 heterocycles. The second-order valence-electron chi connectivity index (χ2n) is 6.44. The van der Waals surface area contributed by atoms with E-state index in [0.29, 0.717) is 18.0 Å². The zero-order valence-electron chi connectivity index (χ0n) is 12.8. The SMILES string of the molecule is CCC(NC1=NC(C(C)C)CCS1)C1CCCCC1. The van der Waals surface area contributed by atoms with Crippen molar-refractivity contribution >= 4 is 16.9 Å². The molecule has 0 radical (unpaired) electrons. The summed E-state index contributed by atoms with van der Waals surface area (Å²) in [6.45, 7) is 6.90. The molecule has 1 N–H and O–H groups in total. The van der Waals surface area contributed by atoms with E-state index in [-0.39, 0.29) is 0 Å². The fourth-order valence-corrected chi connectivity index (χ4v) is 4.34. The van der Waals surface area contributed by atoms with Crippen molar-refractivity contribution < 1.29 is 0 Å². The fourth-order valence-electron chi connectivity index (χ4n) is 3.34. The van der Waals surface area contributed by atoms with Gasteiger partial charge in [-0.1, -0.05) is 51.8 Å². The molecule has 0 amide bonds. The molecule has 19 heavy (non-hydrogen) atoms. The van der Waals surface area contributed by atoms with Gasteiger partial charge < -0.3 is 5.32 Å². The monoisotopic (exact) mass is 282 g/mol. The summed E-state index contributed by atoms with van der Waals surface area (Å²) in [6.07, 6.45) is 9.60. The van der Waals surface area contributed by atoms with Crippen LogP contribution in [0, 0.1) is 11.8 Å². The largest absolute Gasteiger partial charge is 0.362 e. The van der Waals surface area contributed by atoms with Crippen molar-refractivity contribution in [3.63, 3.8) is 0 Å². The smallest absolute Gasteiger partial charge is 0.157 e. The normalized spacial score (nSPS) is 27.2. The van der Waals surface area contributed by atoms with E-state index in [1.165, 1.54) is 55.9 Å². The third-order valence-corrected chi connectivity index (χ3v) is 5.61. The Kier molecular flexibility index (Phi) is 6.06. The summed E-state index contributed by atoms with van der Waals surface area (Å²) in [7, 11) is 0. The standard InChI is InChI=1S/C16H30N2S/c1-4-14(13-8-6-5-7-9-13)17-16-18-15(12(2)3)10-11-19-16/h12-15H,4-11H2,1-3H3,(H,17,18). The summed E-state index contributed by atoms with van der Waals surface area (Å²) in [5, 5.41) is 5.00. The molecular weight excluding hydrogens is 252 g/mol. The Morgan fingerprint density at radius 1 is 1.21 bits per heavy atom. The maximum atomic E-state index is 4.93. The van der Waals surface area contributed by atoms with Crippen LogP contribution in [0.2, 0.25) is 0 Å². The van der Waals surface area contributed by atoms with Gasteiger partial charge in [0.05, 0.1) is 6.04 Å². The van der Waals surface area contributed by atoms with Gasteiger partial charge in [0.25, 0.3) is 0 Å². The van der Waals surface area contributed by atoms with Gasteiger partial charge in [-0.25, -0.2) is 0 Å². The second kappa shape index (κ2) is 7.56. The van der Waals surface area contributed by atoms with E-state index in [1.54, 1.807) is 0 Å². The zero-order valence-corrected chi connectivity index (χ0v) is 13.6. The highest BCUT2D eigenvalue weighted by molar-refractivity contribution is 8.13. The van der Waals surface area contributed by atoms with Crippen LogP contribution in [0.15, 0.2) is 4.99 Å². The van der Waals surface area contributed by atoms with E-state index in [2.05, 4.69) is 26.1 Å². The van der Waals surface area contributed by atoms with Gasteiger partial charge in [0, 0.05) is 11.8 Å². The lowest BCUT2D eigenvalue weighted by molar-refractivity contribution is 0.284. The molecule has 110 valence electrons. The summed E-state index contributed by atoms with van der Waals surface area (Å²) in [5.41, 5.74) is 0. The number of aliphatic imine (C=N–C) groups is 1. The molecule has 2 rings (SSSR count). The average molecular weight is 282 g/mol. The van der Waals surface area contributed by atoms with Crippen LogP contribution in [-0.2, 0) is 0 Å². The van der Waals surface area contributed by atoms with Gasteiger partial charge in [0.2, 0.25) is 0 Å². The third kappa shape index (κ3) is 4.40. The molecule has 2 atom stereocenters. The van der Waals surface area contributed by atoms with Gasteiger partial charge in [-0.3, -0.25) is 4.99 Å². The molecule has 1 saturated carbocycles. The van der Waals surface area contributed by atoms with E-state index in [0.717, 1.165) is 5.92 Å². The number of hydrogen-bond donors (Lipinski definition) is 1. The summed E-state index contributed by atoms with van der Waals surface area (Å²) < 4.78 is 0. The summed E-state index contributed by atoms with van der Waals surface area (Å²) in [6, 6.07) is 1.19. The average Bonchev–Trinajstić information content (AvgIpc) is 2.46. The molecule has 0 aromatic rings. The topological polar surface area (TPSA) is 24.4 Å². The minimum absolute atomic E-state index is 0.535. The maximum Gasteiger partial charge on any atom is 0.157 e. The van der Waals surface area contributed by atoms with Crippen LogP contribution in [0.1, 0.15) is 65.7 Å². The molecule has 1 aliphatic carbocycles. The molecule has 2 aliphatic rings. The minimum Gasteiger partial charge on any atom is -0.362 e. The number of nitrogens with one attached hydrogen (secondary N) is 1. The molecule has 3 heteroatoms. The van der Waals surface area contributed by atoms with Gasteiger partial charge in [0.1, 0.15) is 0 Å². The van der Waals surface area contributed by atoms with Gasteiger partial charge in [-0.05, 0) is 37.5 Å². The molecule has 0 saturated heterocycles. The number of hydrogen-bond acceptors (Lipinski definition) is 3. The van der Waals surface area contributed by atoms with E-state index >= 15 is 0 Å². The Morgan fingerprint density at radius 2 is 1.95 bits per heavy atom. The van der Waals surface area contributed by atoms with E-state index < -0.39 is 0 Å². The molecule has 2 nitrogen and oxygen atoms in total. The lowest BCUT2D eigenvalue weighted by atomic mass is 9.83. The molecule has 0 bridgehead atoms. The van der Waals surface area contributed by atoms with Crippen LogP contribution in [0.25, 0.3) is 0 Å². The summed E-state index contributed by atoms with van der Waals surface area (Å²) >= 11 is 1.93. The first kappa shape index (κ1) is 15.2. The Balaban J connectivity index is 1.93. The van der Waals surface area contributed by atoms with Crippen molar-refractivity contribution in [3.8, 4) is 0 Å². The Labute approximate surface area is 123 Å².